The maximum Gasteiger partial charge on any atom is 0.252 e. The molecule has 1 aliphatic heterocycles. The number of ether oxygens (including phenoxy) is 1. The molecule has 1 fully saturated rings. The molecule has 0 atom stereocenters. The van der Waals surface area contributed by atoms with Crippen LogP contribution in [0.4, 0.5) is 0 Å². The summed E-state index contributed by atoms with van der Waals surface area (Å²) in [6, 6.07) is 5.19. The van der Waals surface area contributed by atoms with Crippen molar-refractivity contribution in [2.24, 2.45) is 5.73 Å². The van der Waals surface area contributed by atoms with Crippen molar-refractivity contribution in [3.8, 4) is 5.75 Å². The van der Waals surface area contributed by atoms with Gasteiger partial charge in [-0.25, -0.2) is 0 Å². The second-order valence-corrected chi connectivity index (χ2v) is 4.32. The molecule has 0 bridgehead atoms. The Morgan fingerprint density at radius 1 is 1.53 bits per heavy atom. The second-order valence-electron chi connectivity index (χ2n) is 3.40. The van der Waals surface area contributed by atoms with E-state index in [1.807, 2.05) is 0 Å². The van der Waals surface area contributed by atoms with Gasteiger partial charge in [0.25, 0.3) is 5.91 Å². The summed E-state index contributed by atoms with van der Waals surface area (Å²) in [5.74, 6) is 0.0770. The summed E-state index contributed by atoms with van der Waals surface area (Å²) >= 11 is 3.33. The Balaban J connectivity index is 2.24. The predicted octanol–water partition coefficient (Wildman–Crippen LogP) is 0.899. The van der Waals surface area contributed by atoms with Crippen molar-refractivity contribution in [3.63, 3.8) is 0 Å². The number of rotatable bonds is 3. The standard InChI is InChI=1S/C10H11BrN2O2/c11-6-1-2-8(10(12)14)9(3-6)15-7-4-13-5-7/h1-3,7,13H,4-5H2,(H2,12,14). The van der Waals surface area contributed by atoms with Gasteiger partial charge in [0, 0.05) is 17.6 Å². The first-order chi connectivity index (χ1) is 7.16. The zero-order valence-corrected chi connectivity index (χ0v) is 9.58. The molecule has 0 unspecified atom stereocenters. The van der Waals surface area contributed by atoms with Crippen LogP contribution in [0, 0.1) is 0 Å². The molecule has 3 N–H and O–H groups in total. The summed E-state index contributed by atoms with van der Waals surface area (Å²) in [6.45, 7) is 1.62. The van der Waals surface area contributed by atoms with E-state index in [0.29, 0.717) is 11.3 Å². The van der Waals surface area contributed by atoms with E-state index < -0.39 is 5.91 Å². The second kappa shape index (κ2) is 4.20. The molecular formula is C10H11BrN2O2. The van der Waals surface area contributed by atoms with Crippen molar-refractivity contribution < 1.29 is 9.53 Å². The quantitative estimate of drug-likeness (QED) is 0.858. The van der Waals surface area contributed by atoms with E-state index in [1.165, 1.54) is 0 Å². The Morgan fingerprint density at radius 3 is 2.80 bits per heavy atom. The average molecular weight is 271 g/mol. The lowest BCUT2D eigenvalue weighted by Crippen LogP contribution is -2.50. The van der Waals surface area contributed by atoms with Crippen LogP contribution < -0.4 is 15.8 Å². The van der Waals surface area contributed by atoms with E-state index in [2.05, 4.69) is 21.2 Å². The molecule has 0 spiro atoms. The fourth-order valence-corrected chi connectivity index (χ4v) is 1.66. The number of primary amides is 1. The SMILES string of the molecule is NC(=O)c1ccc(Br)cc1OC1CNC1. The first kappa shape index (κ1) is 10.4. The van der Waals surface area contributed by atoms with Crippen molar-refractivity contribution in [1.82, 2.24) is 5.32 Å². The van der Waals surface area contributed by atoms with Gasteiger partial charge in [0.1, 0.15) is 11.9 Å². The van der Waals surface area contributed by atoms with Crippen LogP contribution in [0.5, 0.6) is 5.75 Å². The summed E-state index contributed by atoms with van der Waals surface area (Å²) in [5, 5.41) is 3.09. The minimum Gasteiger partial charge on any atom is -0.487 e. The van der Waals surface area contributed by atoms with E-state index in [4.69, 9.17) is 10.5 Å². The van der Waals surface area contributed by atoms with Crippen LogP contribution in [0.2, 0.25) is 0 Å². The van der Waals surface area contributed by atoms with Gasteiger partial charge in [0.2, 0.25) is 0 Å². The van der Waals surface area contributed by atoms with Gasteiger partial charge in [-0.05, 0) is 18.2 Å². The first-order valence-corrected chi connectivity index (χ1v) is 5.43. The minimum absolute atomic E-state index is 0.136. The molecule has 4 nitrogen and oxygen atoms in total. The lowest BCUT2D eigenvalue weighted by molar-refractivity contribution is 0.0984. The van der Waals surface area contributed by atoms with Crippen LogP contribution in [-0.4, -0.2) is 25.1 Å². The van der Waals surface area contributed by atoms with Gasteiger partial charge in [-0.3, -0.25) is 4.79 Å². The van der Waals surface area contributed by atoms with Gasteiger partial charge in [-0.1, -0.05) is 15.9 Å². The van der Waals surface area contributed by atoms with Crippen LogP contribution in [0.3, 0.4) is 0 Å². The highest BCUT2D eigenvalue weighted by molar-refractivity contribution is 9.10. The normalized spacial score (nSPS) is 15.8. The molecule has 1 aromatic carbocycles. The van der Waals surface area contributed by atoms with Crippen molar-refractivity contribution >= 4 is 21.8 Å². The highest BCUT2D eigenvalue weighted by Gasteiger charge is 2.20. The van der Waals surface area contributed by atoms with Gasteiger partial charge in [0.05, 0.1) is 5.56 Å². The number of nitrogens with one attached hydrogen (secondary N) is 1. The summed E-state index contributed by atoms with van der Waals surface area (Å²) in [5.41, 5.74) is 5.67. The number of carbonyl (C=O) groups excluding carboxylic acids is 1. The number of hydrogen-bond donors (Lipinski definition) is 2. The van der Waals surface area contributed by atoms with E-state index in [0.717, 1.165) is 17.6 Å². The van der Waals surface area contributed by atoms with Gasteiger partial charge in [-0.15, -0.1) is 0 Å². The third kappa shape index (κ3) is 2.30. The summed E-state index contributed by atoms with van der Waals surface area (Å²) < 4.78 is 6.50. The fourth-order valence-electron chi connectivity index (χ4n) is 1.32. The van der Waals surface area contributed by atoms with Crippen molar-refractivity contribution in [2.75, 3.05) is 13.1 Å². The number of nitrogens with two attached hydrogens (primary N) is 1. The fraction of sp³-hybridized carbons (Fsp3) is 0.300. The monoisotopic (exact) mass is 270 g/mol. The molecule has 0 radical (unpaired) electrons. The molecule has 0 aliphatic carbocycles. The van der Waals surface area contributed by atoms with Crippen LogP contribution in [0.1, 0.15) is 10.4 Å². The van der Waals surface area contributed by atoms with E-state index >= 15 is 0 Å². The molecule has 1 aliphatic rings. The molecule has 1 amide bonds. The Morgan fingerprint density at radius 2 is 2.27 bits per heavy atom. The predicted molar refractivity (Wildman–Crippen MR) is 59.9 cm³/mol. The summed E-state index contributed by atoms with van der Waals surface area (Å²) in [6.07, 6.45) is 0.136. The maximum atomic E-state index is 11.1. The Hall–Kier alpha value is -1.07. The highest BCUT2D eigenvalue weighted by atomic mass is 79.9. The zero-order chi connectivity index (χ0) is 10.8. The molecule has 1 heterocycles. The zero-order valence-electron chi connectivity index (χ0n) is 8.00. The molecule has 1 aromatic rings. The Kier molecular flexibility index (Phi) is 2.93. The van der Waals surface area contributed by atoms with Crippen molar-refractivity contribution in [3.05, 3.63) is 28.2 Å². The average Bonchev–Trinajstić information content (AvgIpc) is 2.11. The molecule has 5 heteroatoms. The number of halogens is 1. The topological polar surface area (TPSA) is 64.4 Å². The van der Waals surface area contributed by atoms with Gasteiger partial charge in [-0.2, -0.15) is 0 Å². The van der Waals surface area contributed by atoms with E-state index in [9.17, 15) is 4.79 Å². The molecule has 0 aromatic heterocycles. The first-order valence-electron chi connectivity index (χ1n) is 4.63. The molecule has 0 saturated carbocycles. The third-order valence-corrected chi connectivity index (χ3v) is 2.74. The number of hydrogen-bond acceptors (Lipinski definition) is 3. The number of amides is 1. The third-order valence-electron chi connectivity index (χ3n) is 2.25. The van der Waals surface area contributed by atoms with Crippen molar-refractivity contribution in [1.29, 1.82) is 0 Å². The number of carbonyl (C=O) groups is 1. The van der Waals surface area contributed by atoms with Crippen LogP contribution in [0.15, 0.2) is 22.7 Å². The van der Waals surface area contributed by atoms with Crippen LogP contribution in [0.25, 0.3) is 0 Å². The molecule has 1 saturated heterocycles. The Bertz CT molecular complexity index is 391. The van der Waals surface area contributed by atoms with Crippen LogP contribution in [-0.2, 0) is 0 Å². The smallest absolute Gasteiger partial charge is 0.252 e. The molecule has 15 heavy (non-hydrogen) atoms. The lowest BCUT2D eigenvalue weighted by atomic mass is 10.1. The van der Waals surface area contributed by atoms with Gasteiger partial charge < -0.3 is 15.8 Å². The highest BCUT2D eigenvalue weighted by Crippen LogP contribution is 2.24. The number of benzene rings is 1. The largest absolute Gasteiger partial charge is 0.487 e. The lowest BCUT2D eigenvalue weighted by Gasteiger charge is -2.28. The maximum absolute atomic E-state index is 11.1. The Labute approximate surface area is 95.9 Å². The van der Waals surface area contributed by atoms with Gasteiger partial charge >= 0.3 is 0 Å². The molecule has 2 rings (SSSR count). The van der Waals surface area contributed by atoms with Crippen LogP contribution >= 0.6 is 15.9 Å². The van der Waals surface area contributed by atoms with Gasteiger partial charge in [0.15, 0.2) is 0 Å². The minimum atomic E-state index is -0.468. The summed E-state index contributed by atoms with van der Waals surface area (Å²) in [7, 11) is 0. The van der Waals surface area contributed by atoms with Crippen molar-refractivity contribution in [2.45, 2.75) is 6.10 Å². The summed E-state index contributed by atoms with van der Waals surface area (Å²) in [4.78, 5) is 11.1. The van der Waals surface area contributed by atoms with E-state index in [1.54, 1.807) is 18.2 Å². The molecule has 80 valence electrons. The van der Waals surface area contributed by atoms with E-state index in [-0.39, 0.29) is 6.10 Å². The molecular weight excluding hydrogens is 260 g/mol.